The summed E-state index contributed by atoms with van der Waals surface area (Å²) in [5.74, 6) is 1.03. The molecule has 6 rings (SSSR count). The molecule has 2 saturated carbocycles. The Morgan fingerprint density at radius 3 is 2.65 bits per heavy atom. The zero-order valence-electron chi connectivity index (χ0n) is 18.6. The van der Waals surface area contributed by atoms with Crippen LogP contribution < -0.4 is 4.90 Å². The SMILES string of the molecule is C[C@H]1CC[C@@H]2[C@H](CN3CCN(c4ccccc4F)CC3)C(=O)O[C@@]23[C@H]1CC[C@]1(C)O[C@@H]31. The molecule has 6 heteroatoms. The van der Waals surface area contributed by atoms with E-state index in [-0.39, 0.29) is 35.3 Å². The predicted molar refractivity (Wildman–Crippen MR) is 115 cm³/mol. The van der Waals surface area contributed by atoms with Crippen LogP contribution in [0.15, 0.2) is 24.3 Å². The Morgan fingerprint density at radius 2 is 1.87 bits per heavy atom. The minimum absolute atomic E-state index is 0.0135. The van der Waals surface area contributed by atoms with Crippen LogP contribution in [-0.2, 0) is 14.3 Å². The molecule has 2 aliphatic carbocycles. The molecule has 0 radical (unpaired) electrons. The first-order valence-electron chi connectivity index (χ1n) is 12.0. The van der Waals surface area contributed by atoms with Crippen molar-refractivity contribution in [3.63, 3.8) is 0 Å². The molecule has 5 nitrogen and oxygen atoms in total. The molecule has 1 aromatic rings. The highest BCUT2D eigenvalue weighted by atomic mass is 19.1. The molecule has 1 spiro atoms. The molecule has 5 fully saturated rings. The van der Waals surface area contributed by atoms with Gasteiger partial charge in [0.1, 0.15) is 17.5 Å². The van der Waals surface area contributed by atoms with Crippen LogP contribution in [0.25, 0.3) is 0 Å². The minimum Gasteiger partial charge on any atom is -0.455 e. The van der Waals surface area contributed by atoms with Gasteiger partial charge in [-0.2, -0.15) is 0 Å². The van der Waals surface area contributed by atoms with Crippen LogP contribution in [0.2, 0.25) is 0 Å². The lowest BCUT2D eigenvalue weighted by Crippen LogP contribution is -2.58. The molecule has 3 aliphatic heterocycles. The first kappa shape index (κ1) is 20.0. The van der Waals surface area contributed by atoms with Gasteiger partial charge in [0.05, 0.1) is 17.2 Å². The summed E-state index contributed by atoms with van der Waals surface area (Å²) in [6.07, 6.45) is 4.50. The second-order valence-electron chi connectivity index (χ2n) is 10.7. The van der Waals surface area contributed by atoms with Crippen LogP contribution in [0, 0.1) is 29.5 Å². The fraction of sp³-hybridized carbons (Fsp3) is 0.720. The second-order valence-corrected chi connectivity index (χ2v) is 10.7. The van der Waals surface area contributed by atoms with E-state index < -0.39 is 5.60 Å². The van der Waals surface area contributed by atoms with Crippen molar-refractivity contribution in [3.8, 4) is 0 Å². The van der Waals surface area contributed by atoms with Gasteiger partial charge >= 0.3 is 5.97 Å². The molecule has 0 amide bonds. The number of esters is 1. The van der Waals surface area contributed by atoms with Crippen LogP contribution >= 0.6 is 0 Å². The van der Waals surface area contributed by atoms with Gasteiger partial charge in [-0.3, -0.25) is 9.69 Å². The van der Waals surface area contributed by atoms with Crippen LogP contribution in [0.3, 0.4) is 0 Å². The second kappa shape index (κ2) is 6.92. The summed E-state index contributed by atoms with van der Waals surface area (Å²) in [5.41, 5.74) is 0.186. The summed E-state index contributed by atoms with van der Waals surface area (Å²) in [4.78, 5) is 17.7. The zero-order chi connectivity index (χ0) is 21.4. The van der Waals surface area contributed by atoms with Gasteiger partial charge in [0.2, 0.25) is 0 Å². The number of carbonyl (C=O) groups is 1. The summed E-state index contributed by atoms with van der Waals surface area (Å²) in [5, 5.41) is 0. The third kappa shape index (κ3) is 2.90. The number of halogens is 1. The van der Waals surface area contributed by atoms with Gasteiger partial charge in [-0.05, 0) is 50.7 Å². The molecule has 5 aliphatic rings. The third-order valence-electron chi connectivity index (χ3n) is 9.11. The highest BCUT2D eigenvalue weighted by Crippen LogP contribution is 2.66. The zero-order valence-corrected chi connectivity index (χ0v) is 18.6. The van der Waals surface area contributed by atoms with Crippen molar-refractivity contribution in [2.75, 3.05) is 37.6 Å². The van der Waals surface area contributed by atoms with Gasteiger partial charge in [-0.1, -0.05) is 19.1 Å². The Kier molecular flexibility index (Phi) is 4.46. The molecule has 0 N–H and O–H groups in total. The summed E-state index contributed by atoms with van der Waals surface area (Å²) in [6.45, 7) is 8.52. The van der Waals surface area contributed by atoms with E-state index in [2.05, 4.69) is 23.6 Å². The van der Waals surface area contributed by atoms with Crippen molar-refractivity contribution in [3.05, 3.63) is 30.1 Å². The standard InChI is InChI=1S/C25H33FN2O3/c1-16-7-8-19-17(22(29)30-25(19)18(16)9-10-24(2)23(25)31-24)15-27-11-13-28(14-12-27)21-6-4-3-5-20(21)26/h3-6,16-19,23H,7-15H2,1-2H3/t16-,17-,18-,19+,23+,24-,25-/m0/s1. The van der Waals surface area contributed by atoms with Crippen LogP contribution in [-0.4, -0.2) is 60.9 Å². The van der Waals surface area contributed by atoms with Crippen LogP contribution in [0.5, 0.6) is 0 Å². The number of benzene rings is 1. The molecule has 31 heavy (non-hydrogen) atoms. The summed E-state index contributed by atoms with van der Waals surface area (Å²) >= 11 is 0. The fourth-order valence-electron chi connectivity index (χ4n) is 7.42. The molecular formula is C25H33FN2O3. The van der Waals surface area contributed by atoms with Gasteiger partial charge in [0.25, 0.3) is 0 Å². The Balaban J connectivity index is 1.17. The average Bonchev–Trinajstić information content (AvgIpc) is 3.39. The lowest BCUT2D eigenvalue weighted by molar-refractivity contribution is -0.168. The minimum atomic E-state index is -0.401. The molecule has 1 aromatic carbocycles. The number of piperazine rings is 1. The normalized spacial score (nSPS) is 44.3. The van der Waals surface area contributed by atoms with E-state index in [0.29, 0.717) is 17.5 Å². The van der Waals surface area contributed by atoms with Gasteiger partial charge in [0.15, 0.2) is 0 Å². The smallest absolute Gasteiger partial charge is 0.311 e. The maximum atomic E-state index is 14.2. The van der Waals surface area contributed by atoms with Crippen molar-refractivity contribution in [1.29, 1.82) is 0 Å². The molecule has 0 aromatic heterocycles. The first-order chi connectivity index (χ1) is 14.9. The molecule has 7 atom stereocenters. The van der Waals surface area contributed by atoms with Crippen LogP contribution in [0.4, 0.5) is 10.1 Å². The monoisotopic (exact) mass is 428 g/mol. The number of carbonyl (C=O) groups excluding carboxylic acids is 1. The number of nitrogens with zero attached hydrogens (tertiary/aromatic N) is 2. The molecule has 0 bridgehead atoms. The first-order valence-corrected chi connectivity index (χ1v) is 12.0. The quantitative estimate of drug-likeness (QED) is 0.545. The molecule has 0 unspecified atom stereocenters. The Bertz CT molecular complexity index is 887. The van der Waals surface area contributed by atoms with Gasteiger partial charge in [-0.15, -0.1) is 0 Å². The number of hydrogen-bond acceptors (Lipinski definition) is 5. The van der Waals surface area contributed by atoms with E-state index in [9.17, 15) is 9.18 Å². The van der Waals surface area contributed by atoms with E-state index in [0.717, 1.165) is 52.0 Å². The third-order valence-corrected chi connectivity index (χ3v) is 9.11. The maximum absolute atomic E-state index is 14.2. The largest absolute Gasteiger partial charge is 0.455 e. The van der Waals surface area contributed by atoms with E-state index in [1.807, 2.05) is 12.1 Å². The van der Waals surface area contributed by atoms with Gasteiger partial charge in [-0.25, -0.2) is 4.39 Å². The number of anilines is 1. The topological polar surface area (TPSA) is 45.3 Å². The van der Waals surface area contributed by atoms with E-state index in [1.165, 1.54) is 12.5 Å². The maximum Gasteiger partial charge on any atom is 0.311 e. The number of epoxide rings is 1. The van der Waals surface area contributed by atoms with Gasteiger partial charge < -0.3 is 14.4 Å². The molecule has 168 valence electrons. The molecule has 3 heterocycles. The highest BCUT2D eigenvalue weighted by Gasteiger charge is 2.77. The lowest BCUT2D eigenvalue weighted by Gasteiger charge is -2.50. The van der Waals surface area contributed by atoms with E-state index >= 15 is 0 Å². The van der Waals surface area contributed by atoms with Crippen molar-refractivity contribution in [2.45, 2.75) is 56.8 Å². The van der Waals surface area contributed by atoms with Crippen LogP contribution in [0.1, 0.15) is 39.5 Å². The number of rotatable bonds is 3. The molecule has 3 saturated heterocycles. The molecular weight excluding hydrogens is 395 g/mol. The van der Waals surface area contributed by atoms with Crippen molar-refractivity contribution < 1.29 is 18.7 Å². The Labute approximate surface area is 183 Å². The summed E-state index contributed by atoms with van der Waals surface area (Å²) < 4.78 is 26.7. The Hall–Kier alpha value is -1.66. The summed E-state index contributed by atoms with van der Waals surface area (Å²) in [6, 6.07) is 6.99. The lowest BCUT2D eigenvalue weighted by atomic mass is 9.55. The van der Waals surface area contributed by atoms with Gasteiger partial charge in [0, 0.05) is 44.6 Å². The fourth-order valence-corrected chi connectivity index (χ4v) is 7.42. The van der Waals surface area contributed by atoms with Crippen molar-refractivity contribution >= 4 is 11.7 Å². The van der Waals surface area contributed by atoms with E-state index in [4.69, 9.17) is 9.47 Å². The number of fused-ring (bicyclic) bond motifs is 1. The Morgan fingerprint density at radius 1 is 1.10 bits per heavy atom. The van der Waals surface area contributed by atoms with Crippen molar-refractivity contribution in [2.24, 2.45) is 23.7 Å². The number of ether oxygens (including phenoxy) is 2. The summed E-state index contributed by atoms with van der Waals surface area (Å²) in [7, 11) is 0. The predicted octanol–water partition coefficient (Wildman–Crippen LogP) is 3.47. The highest BCUT2D eigenvalue weighted by molar-refractivity contribution is 5.77. The number of para-hydroxylation sites is 1. The average molecular weight is 429 g/mol. The van der Waals surface area contributed by atoms with Crippen molar-refractivity contribution in [1.82, 2.24) is 4.90 Å². The number of hydrogen-bond donors (Lipinski definition) is 0. The van der Waals surface area contributed by atoms with E-state index in [1.54, 1.807) is 6.07 Å².